The van der Waals surface area contributed by atoms with Gasteiger partial charge in [-0.25, -0.2) is 4.79 Å². The molecule has 3 N–H and O–H groups in total. The summed E-state index contributed by atoms with van der Waals surface area (Å²) in [7, 11) is 0. The molecule has 1 saturated carbocycles. The molecule has 0 radical (unpaired) electrons. The summed E-state index contributed by atoms with van der Waals surface area (Å²) >= 11 is 0. The second-order valence-electron chi connectivity index (χ2n) is 6.63. The number of hydrogen-bond acceptors (Lipinski definition) is 3. The van der Waals surface area contributed by atoms with Crippen molar-refractivity contribution in [2.24, 2.45) is 0 Å². The van der Waals surface area contributed by atoms with Crippen LogP contribution in [0.5, 0.6) is 0 Å². The largest absolute Gasteiger partial charge is 0.388 e. The minimum absolute atomic E-state index is 0.230. The highest BCUT2D eigenvalue weighted by molar-refractivity contribution is 5.73. The molecular formula is C19H30N2O3. The van der Waals surface area contributed by atoms with Gasteiger partial charge in [-0.1, -0.05) is 49.9 Å². The van der Waals surface area contributed by atoms with Gasteiger partial charge in [0.25, 0.3) is 0 Å². The average molecular weight is 334 g/mol. The SMILES string of the molecule is CCOCc1ccc(CNC(=O)NCC2(O)CCCCCC2)cc1. The predicted octanol–water partition coefficient (Wildman–Crippen LogP) is 3.11. The molecule has 0 heterocycles. The van der Waals surface area contributed by atoms with Crippen LogP contribution in [0.2, 0.25) is 0 Å². The fourth-order valence-electron chi connectivity index (χ4n) is 3.03. The Morgan fingerprint density at radius 3 is 2.33 bits per heavy atom. The summed E-state index contributed by atoms with van der Waals surface area (Å²) in [5.41, 5.74) is 1.42. The van der Waals surface area contributed by atoms with Crippen LogP contribution in [0.1, 0.15) is 56.6 Å². The van der Waals surface area contributed by atoms with Crippen molar-refractivity contribution in [3.63, 3.8) is 0 Å². The van der Waals surface area contributed by atoms with Crippen LogP contribution in [-0.2, 0) is 17.9 Å². The van der Waals surface area contributed by atoms with Crippen molar-refractivity contribution in [1.29, 1.82) is 0 Å². The van der Waals surface area contributed by atoms with Crippen molar-refractivity contribution in [2.75, 3.05) is 13.2 Å². The van der Waals surface area contributed by atoms with Crippen LogP contribution in [0.4, 0.5) is 4.79 Å². The van der Waals surface area contributed by atoms with Gasteiger partial charge < -0.3 is 20.5 Å². The molecule has 2 rings (SSSR count). The Morgan fingerprint density at radius 1 is 1.08 bits per heavy atom. The van der Waals surface area contributed by atoms with E-state index in [4.69, 9.17) is 4.74 Å². The number of amides is 2. The molecule has 0 atom stereocenters. The molecule has 134 valence electrons. The van der Waals surface area contributed by atoms with E-state index in [0.29, 0.717) is 26.3 Å². The lowest BCUT2D eigenvalue weighted by molar-refractivity contribution is 0.0277. The van der Waals surface area contributed by atoms with Crippen LogP contribution in [0.25, 0.3) is 0 Å². The van der Waals surface area contributed by atoms with Gasteiger partial charge in [0.15, 0.2) is 0 Å². The number of ether oxygens (including phenoxy) is 1. The van der Waals surface area contributed by atoms with Gasteiger partial charge in [0.05, 0.1) is 12.2 Å². The van der Waals surface area contributed by atoms with Crippen molar-refractivity contribution in [2.45, 2.75) is 64.2 Å². The standard InChI is InChI=1S/C19H30N2O3/c1-2-24-14-17-9-7-16(8-10-17)13-20-18(22)21-15-19(23)11-5-3-4-6-12-19/h7-10,23H,2-6,11-15H2,1H3,(H2,20,21,22). The maximum Gasteiger partial charge on any atom is 0.315 e. The van der Waals surface area contributed by atoms with Gasteiger partial charge in [0.2, 0.25) is 0 Å². The normalized spacial score (nSPS) is 17.1. The minimum Gasteiger partial charge on any atom is -0.388 e. The first-order valence-electron chi connectivity index (χ1n) is 9.01. The molecule has 5 nitrogen and oxygen atoms in total. The Labute approximate surface area is 144 Å². The Kier molecular flexibility index (Phi) is 7.53. The molecule has 0 unspecified atom stereocenters. The van der Waals surface area contributed by atoms with E-state index >= 15 is 0 Å². The summed E-state index contributed by atoms with van der Waals surface area (Å²) in [6.07, 6.45) is 5.96. The minimum atomic E-state index is -0.741. The fourth-order valence-corrected chi connectivity index (χ4v) is 3.03. The Balaban J connectivity index is 1.70. The molecule has 0 spiro atoms. The molecule has 24 heavy (non-hydrogen) atoms. The first-order valence-corrected chi connectivity index (χ1v) is 9.01. The van der Waals surface area contributed by atoms with E-state index in [-0.39, 0.29) is 6.03 Å². The van der Waals surface area contributed by atoms with Crippen molar-refractivity contribution < 1.29 is 14.6 Å². The fraction of sp³-hybridized carbons (Fsp3) is 0.632. The summed E-state index contributed by atoms with van der Waals surface area (Å²) in [5, 5.41) is 16.2. The summed E-state index contributed by atoms with van der Waals surface area (Å²) in [5.74, 6) is 0. The van der Waals surface area contributed by atoms with Crippen molar-refractivity contribution in [1.82, 2.24) is 10.6 Å². The Morgan fingerprint density at radius 2 is 1.71 bits per heavy atom. The van der Waals surface area contributed by atoms with Crippen LogP contribution < -0.4 is 10.6 Å². The highest BCUT2D eigenvalue weighted by Gasteiger charge is 2.28. The van der Waals surface area contributed by atoms with Gasteiger partial charge in [-0.3, -0.25) is 0 Å². The number of hydrogen-bond donors (Lipinski definition) is 3. The van der Waals surface area contributed by atoms with E-state index in [1.165, 1.54) is 12.8 Å². The molecule has 5 heteroatoms. The van der Waals surface area contributed by atoms with E-state index in [1.54, 1.807) is 0 Å². The molecule has 1 aliphatic carbocycles. The zero-order chi connectivity index (χ0) is 17.3. The third-order valence-electron chi connectivity index (χ3n) is 4.56. The molecule has 0 aromatic heterocycles. The molecule has 1 aliphatic rings. The average Bonchev–Trinajstić information content (AvgIpc) is 2.82. The number of urea groups is 1. The lowest BCUT2D eigenvalue weighted by atomic mass is 9.95. The van der Waals surface area contributed by atoms with E-state index in [9.17, 15) is 9.90 Å². The van der Waals surface area contributed by atoms with Gasteiger partial charge in [0.1, 0.15) is 0 Å². The summed E-state index contributed by atoms with van der Waals surface area (Å²) in [4.78, 5) is 11.9. The number of nitrogens with one attached hydrogen (secondary N) is 2. The zero-order valence-corrected chi connectivity index (χ0v) is 14.6. The van der Waals surface area contributed by atoms with Crippen molar-refractivity contribution >= 4 is 6.03 Å². The molecule has 0 bridgehead atoms. The smallest absolute Gasteiger partial charge is 0.315 e. The Bertz CT molecular complexity index is 494. The number of benzene rings is 1. The van der Waals surface area contributed by atoms with Crippen LogP contribution in [0, 0.1) is 0 Å². The van der Waals surface area contributed by atoms with Gasteiger partial charge in [-0.05, 0) is 30.9 Å². The van der Waals surface area contributed by atoms with E-state index in [0.717, 1.165) is 36.8 Å². The number of rotatable bonds is 7. The molecule has 2 amide bonds. The quantitative estimate of drug-likeness (QED) is 0.671. The van der Waals surface area contributed by atoms with Gasteiger partial charge >= 0.3 is 6.03 Å². The summed E-state index contributed by atoms with van der Waals surface area (Å²) in [6, 6.07) is 7.78. The monoisotopic (exact) mass is 334 g/mol. The molecule has 0 aliphatic heterocycles. The molecule has 0 saturated heterocycles. The molecule has 1 fully saturated rings. The predicted molar refractivity (Wildman–Crippen MR) is 94.7 cm³/mol. The van der Waals surface area contributed by atoms with Crippen LogP contribution >= 0.6 is 0 Å². The topological polar surface area (TPSA) is 70.6 Å². The lowest BCUT2D eigenvalue weighted by Gasteiger charge is -2.26. The van der Waals surface area contributed by atoms with Crippen LogP contribution in [-0.4, -0.2) is 29.9 Å². The zero-order valence-electron chi connectivity index (χ0n) is 14.6. The Hall–Kier alpha value is -1.59. The van der Waals surface area contributed by atoms with Crippen molar-refractivity contribution in [3.8, 4) is 0 Å². The maximum absolute atomic E-state index is 11.9. The van der Waals surface area contributed by atoms with E-state index < -0.39 is 5.60 Å². The first-order chi connectivity index (χ1) is 11.6. The summed E-state index contributed by atoms with van der Waals surface area (Å²) < 4.78 is 5.36. The number of aliphatic hydroxyl groups is 1. The van der Waals surface area contributed by atoms with Crippen LogP contribution in [0.3, 0.4) is 0 Å². The van der Waals surface area contributed by atoms with Gasteiger partial charge in [-0.15, -0.1) is 0 Å². The molecule has 1 aromatic rings. The number of carbonyl (C=O) groups is 1. The third-order valence-corrected chi connectivity index (χ3v) is 4.56. The number of carbonyl (C=O) groups excluding carboxylic acids is 1. The van der Waals surface area contributed by atoms with E-state index in [2.05, 4.69) is 10.6 Å². The molecular weight excluding hydrogens is 304 g/mol. The first kappa shape index (κ1) is 18.7. The second-order valence-corrected chi connectivity index (χ2v) is 6.63. The third kappa shape index (κ3) is 6.49. The van der Waals surface area contributed by atoms with Gasteiger partial charge in [0, 0.05) is 19.7 Å². The molecule has 1 aromatic carbocycles. The van der Waals surface area contributed by atoms with Gasteiger partial charge in [-0.2, -0.15) is 0 Å². The highest BCUT2D eigenvalue weighted by atomic mass is 16.5. The maximum atomic E-state index is 11.9. The second kappa shape index (κ2) is 9.64. The van der Waals surface area contributed by atoms with E-state index in [1.807, 2.05) is 31.2 Å². The summed E-state index contributed by atoms with van der Waals surface area (Å²) in [6.45, 7) is 4.09. The highest BCUT2D eigenvalue weighted by Crippen LogP contribution is 2.26. The van der Waals surface area contributed by atoms with Crippen LogP contribution in [0.15, 0.2) is 24.3 Å². The van der Waals surface area contributed by atoms with Crippen molar-refractivity contribution in [3.05, 3.63) is 35.4 Å². The lowest BCUT2D eigenvalue weighted by Crippen LogP contribution is -2.46.